The van der Waals surface area contributed by atoms with Gasteiger partial charge >= 0.3 is 0 Å². The lowest BCUT2D eigenvalue weighted by Gasteiger charge is -2.13. The summed E-state index contributed by atoms with van der Waals surface area (Å²) >= 11 is 0. The van der Waals surface area contributed by atoms with Crippen LogP contribution < -0.4 is 10.6 Å². The summed E-state index contributed by atoms with van der Waals surface area (Å²) in [5.41, 5.74) is 1.75. The minimum atomic E-state index is -3.18. The number of aromatic nitrogens is 2. The van der Waals surface area contributed by atoms with Crippen LogP contribution in [-0.2, 0) is 22.9 Å². The summed E-state index contributed by atoms with van der Waals surface area (Å²) in [6.07, 6.45) is 6.64. The monoisotopic (exact) mass is 349 g/mol. The third kappa shape index (κ3) is 5.09. The quantitative estimate of drug-likeness (QED) is 0.599. The zero-order valence-corrected chi connectivity index (χ0v) is 15.0. The number of aliphatic imine (C=N–C) groups is 1. The number of nitrogens with zero attached hydrogens (tertiary/aromatic N) is 3. The molecule has 0 aliphatic rings. The van der Waals surface area contributed by atoms with E-state index in [1.807, 2.05) is 22.9 Å². The first-order valence-corrected chi connectivity index (χ1v) is 9.49. The van der Waals surface area contributed by atoms with Crippen molar-refractivity contribution in [1.29, 1.82) is 0 Å². The molecule has 0 amide bonds. The first-order valence-electron chi connectivity index (χ1n) is 7.60. The number of benzene rings is 1. The summed E-state index contributed by atoms with van der Waals surface area (Å²) < 4.78 is 25.3. The molecule has 0 fully saturated rings. The number of aryl methyl sites for hydroxylation is 1. The Morgan fingerprint density at radius 1 is 1.33 bits per heavy atom. The molecule has 0 bridgehead atoms. The van der Waals surface area contributed by atoms with Crippen LogP contribution in [0.15, 0.2) is 46.8 Å². The third-order valence-corrected chi connectivity index (χ3v) is 4.80. The van der Waals surface area contributed by atoms with E-state index in [1.165, 1.54) is 6.26 Å². The topological polar surface area (TPSA) is 88.4 Å². The minimum Gasteiger partial charge on any atom is -0.355 e. The first kappa shape index (κ1) is 18.0. The molecule has 0 radical (unpaired) electrons. The lowest BCUT2D eigenvalue weighted by molar-refractivity contribution is 0.601. The average molecular weight is 349 g/mol. The maximum absolute atomic E-state index is 11.6. The average Bonchev–Trinajstić information content (AvgIpc) is 3.02. The molecule has 0 saturated heterocycles. The van der Waals surface area contributed by atoms with Crippen LogP contribution in [-0.4, -0.2) is 43.8 Å². The number of sulfone groups is 1. The summed E-state index contributed by atoms with van der Waals surface area (Å²) in [7, 11) is -1.47. The van der Waals surface area contributed by atoms with Crippen LogP contribution in [0, 0.1) is 6.92 Å². The molecule has 7 nitrogen and oxygen atoms in total. The number of hydrogen-bond acceptors (Lipinski definition) is 4. The van der Waals surface area contributed by atoms with Crippen LogP contribution >= 0.6 is 0 Å². The molecule has 130 valence electrons. The number of rotatable bonds is 6. The molecule has 2 N–H and O–H groups in total. The highest BCUT2D eigenvalue weighted by atomic mass is 32.2. The van der Waals surface area contributed by atoms with E-state index in [0.717, 1.165) is 24.2 Å². The Morgan fingerprint density at radius 3 is 2.71 bits per heavy atom. The van der Waals surface area contributed by atoms with Crippen LogP contribution in [0.3, 0.4) is 0 Å². The predicted molar refractivity (Wildman–Crippen MR) is 94.7 cm³/mol. The van der Waals surface area contributed by atoms with E-state index in [4.69, 9.17) is 0 Å². The van der Waals surface area contributed by atoms with Crippen molar-refractivity contribution in [2.24, 2.45) is 4.99 Å². The minimum absolute atomic E-state index is 0.370. The SMILES string of the molecule is CN=C(NCCn1ccnc1)NCc1ccc(S(C)(=O)=O)c(C)c1. The van der Waals surface area contributed by atoms with Crippen molar-refractivity contribution in [1.82, 2.24) is 20.2 Å². The molecule has 0 unspecified atom stereocenters. The summed E-state index contributed by atoms with van der Waals surface area (Å²) in [6, 6.07) is 5.34. The number of hydrogen-bond donors (Lipinski definition) is 2. The van der Waals surface area contributed by atoms with E-state index < -0.39 is 9.84 Å². The van der Waals surface area contributed by atoms with Crippen molar-refractivity contribution in [3.05, 3.63) is 48.0 Å². The van der Waals surface area contributed by atoms with E-state index in [1.54, 1.807) is 32.6 Å². The van der Waals surface area contributed by atoms with Gasteiger partial charge in [0.2, 0.25) is 0 Å². The van der Waals surface area contributed by atoms with Crippen molar-refractivity contribution in [2.75, 3.05) is 19.8 Å². The van der Waals surface area contributed by atoms with Gasteiger partial charge in [-0.2, -0.15) is 0 Å². The molecule has 0 atom stereocenters. The van der Waals surface area contributed by atoms with Gasteiger partial charge in [0, 0.05) is 45.3 Å². The number of guanidine groups is 1. The lowest BCUT2D eigenvalue weighted by Crippen LogP contribution is -2.38. The summed E-state index contributed by atoms with van der Waals surface area (Å²) in [5.74, 6) is 0.694. The molecule has 24 heavy (non-hydrogen) atoms. The fourth-order valence-corrected chi connectivity index (χ4v) is 3.33. The van der Waals surface area contributed by atoms with Gasteiger partial charge in [-0.25, -0.2) is 13.4 Å². The van der Waals surface area contributed by atoms with Crippen LogP contribution in [0.5, 0.6) is 0 Å². The van der Waals surface area contributed by atoms with Gasteiger partial charge in [0.1, 0.15) is 0 Å². The van der Waals surface area contributed by atoms with Gasteiger partial charge in [-0.15, -0.1) is 0 Å². The van der Waals surface area contributed by atoms with Crippen molar-refractivity contribution >= 4 is 15.8 Å². The van der Waals surface area contributed by atoms with E-state index in [0.29, 0.717) is 17.4 Å². The Kier molecular flexibility index (Phi) is 5.97. The van der Waals surface area contributed by atoms with Gasteiger partial charge in [-0.3, -0.25) is 4.99 Å². The Morgan fingerprint density at radius 2 is 2.12 bits per heavy atom. The molecular weight excluding hydrogens is 326 g/mol. The highest BCUT2D eigenvalue weighted by molar-refractivity contribution is 7.90. The highest BCUT2D eigenvalue weighted by Crippen LogP contribution is 2.16. The maximum Gasteiger partial charge on any atom is 0.191 e. The Labute approximate surface area is 142 Å². The normalized spacial score (nSPS) is 12.2. The van der Waals surface area contributed by atoms with Gasteiger partial charge in [0.15, 0.2) is 15.8 Å². The third-order valence-electron chi connectivity index (χ3n) is 3.54. The van der Waals surface area contributed by atoms with E-state index in [-0.39, 0.29) is 0 Å². The number of nitrogens with one attached hydrogen (secondary N) is 2. The maximum atomic E-state index is 11.6. The second-order valence-corrected chi connectivity index (χ2v) is 7.51. The van der Waals surface area contributed by atoms with Crippen molar-refractivity contribution in [3.63, 3.8) is 0 Å². The molecular formula is C16H23N5O2S. The fourth-order valence-electron chi connectivity index (χ4n) is 2.37. The predicted octanol–water partition coefficient (Wildman–Crippen LogP) is 0.960. The second kappa shape index (κ2) is 7.96. The van der Waals surface area contributed by atoms with Crippen LogP contribution in [0.4, 0.5) is 0 Å². The zero-order valence-electron chi connectivity index (χ0n) is 14.2. The molecule has 1 heterocycles. The fraction of sp³-hybridized carbons (Fsp3) is 0.375. The molecule has 1 aromatic heterocycles. The van der Waals surface area contributed by atoms with Crippen LogP contribution in [0.1, 0.15) is 11.1 Å². The van der Waals surface area contributed by atoms with Crippen LogP contribution in [0.25, 0.3) is 0 Å². The highest BCUT2D eigenvalue weighted by Gasteiger charge is 2.10. The Balaban J connectivity index is 1.88. The zero-order chi connectivity index (χ0) is 17.6. The number of imidazole rings is 1. The Bertz CT molecular complexity index is 798. The molecule has 2 aromatic rings. The van der Waals surface area contributed by atoms with Crippen LogP contribution in [0.2, 0.25) is 0 Å². The van der Waals surface area contributed by atoms with Crippen molar-refractivity contribution in [3.8, 4) is 0 Å². The van der Waals surface area contributed by atoms with Crippen molar-refractivity contribution < 1.29 is 8.42 Å². The largest absolute Gasteiger partial charge is 0.355 e. The van der Waals surface area contributed by atoms with Gasteiger partial charge in [-0.1, -0.05) is 12.1 Å². The van der Waals surface area contributed by atoms with Gasteiger partial charge in [-0.05, 0) is 24.1 Å². The van der Waals surface area contributed by atoms with E-state index in [9.17, 15) is 8.42 Å². The second-order valence-electron chi connectivity index (χ2n) is 5.53. The van der Waals surface area contributed by atoms with E-state index >= 15 is 0 Å². The standard InChI is InChI=1S/C16H23N5O2S/c1-13-10-14(4-5-15(13)24(3,22)23)11-20-16(17-2)19-7-9-21-8-6-18-12-21/h4-6,8,10,12H,7,9,11H2,1-3H3,(H2,17,19,20). The first-order chi connectivity index (χ1) is 11.4. The van der Waals surface area contributed by atoms with Gasteiger partial charge in [0.25, 0.3) is 0 Å². The molecule has 8 heteroatoms. The summed E-state index contributed by atoms with van der Waals surface area (Å²) in [4.78, 5) is 8.54. The van der Waals surface area contributed by atoms with Gasteiger partial charge in [0.05, 0.1) is 11.2 Å². The molecule has 0 aliphatic heterocycles. The van der Waals surface area contributed by atoms with Gasteiger partial charge < -0.3 is 15.2 Å². The summed E-state index contributed by atoms with van der Waals surface area (Å²) in [6.45, 7) is 3.89. The lowest BCUT2D eigenvalue weighted by atomic mass is 10.1. The van der Waals surface area contributed by atoms with E-state index in [2.05, 4.69) is 20.6 Å². The molecule has 2 rings (SSSR count). The molecule has 0 aliphatic carbocycles. The molecule has 0 saturated carbocycles. The molecule has 1 aromatic carbocycles. The smallest absolute Gasteiger partial charge is 0.191 e. The Hall–Kier alpha value is -2.35. The summed E-state index contributed by atoms with van der Waals surface area (Å²) in [5, 5.41) is 6.44. The molecule has 0 spiro atoms. The van der Waals surface area contributed by atoms with Crippen molar-refractivity contribution in [2.45, 2.75) is 24.9 Å².